The maximum Gasteiger partial charge on any atom is 0.171 e. The van der Waals surface area contributed by atoms with Gasteiger partial charge >= 0.3 is 0 Å². The lowest BCUT2D eigenvalue weighted by atomic mass is 9.91. The Hall–Kier alpha value is -1.82. The molecule has 1 saturated carbocycles. The van der Waals surface area contributed by atoms with Crippen molar-refractivity contribution in [3.63, 3.8) is 0 Å². The van der Waals surface area contributed by atoms with Crippen molar-refractivity contribution in [2.75, 3.05) is 30.3 Å². The molecule has 0 bridgehead atoms. The van der Waals surface area contributed by atoms with Crippen molar-refractivity contribution in [3.8, 4) is 0 Å². The molecule has 2 aromatic heterocycles. The molecule has 3 heterocycles. The first-order chi connectivity index (χ1) is 12.2. The fourth-order valence-electron chi connectivity index (χ4n) is 4.67. The van der Waals surface area contributed by atoms with Crippen LogP contribution in [0.3, 0.4) is 0 Å². The highest BCUT2D eigenvalue weighted by molar-refractivity contribution is 5.96. The lowest BCUT2D eigenvalue weighted by Gasteiger charge is -2.39. The average Bonchev–Trinajstić information content (AvgIpc) is 3.03. The van der Waals surface area contributed by atoms with E-state index in [-0.39, 0.29) is 0 Å². The van der Waals surface area contributed by atoms with Crippen molar-refractivity contribution >= 4 is 22.5 Å². The Morgan fingerprint density at radius 2 is 1.96 bits per heavy atom. The van der Waals surface area contributed by atoms with Gasteiger partial charge in [-0.1, -0.05) is 19.3 Å². The number of rotatable bonds is 4. The Morgan fingerprint density at radius 3 is 2.68 bits per heavy atom. The number of nitrogens with one attached hydrogen (secondary N) is 1. The van der Waals surface area contributed by atoms with E-state index in [1.54, 1.807) is 0 Å². The molecule has 0 saturated heterocycles. The molecule has 2 aromatic rings. The summed E-state index contributed by atoms with van der Waals surface area (Å²) in [6.07, 6.45) is 7.88. The van der Waals surface area contributed by atoms with E-state index in [0.717, 1.165) is 49.7 Å². The summed E-state index contributed by atoms with van der Waals surface area (Å²) in [5.74, 6) is 0.515. The van der Waals surface area contributed by atoms with Crippen LogP contribution in [0.4, 0.5) is 11.5 Å². The van der Waals surface area contributed by atoms with Crippen molar-refractivity contribution < 1.29 is 0 Å². The first-order valence-corrected chi connectivity index (χ1v) is 9.87. The average molecular weight is 342 g/mol. The summed E-state index contributed by atoms with van der Waals surface area (Å²) in [7, 11) is 0. The van der Waals surface area contributed by atoms with Crippen LogP contribution >= 0.6 is 0 Å². The van der Waals surface area contributed by atoms with Crippen LogP contribution < -0.4 is 10.6 Å². The lowest BCUT2D eigenvalue weighted by molar-refractivity contribution is 0.140. The van der Waals surface area contributed by atoms with Crippen molar-refractivity contribution in [1.29, 1.82) is 0 Å². The molecule has 0 atom stereocenters. The summed E-state index contributed by atoms with van der Waals surface area (Å²) in [5, 5.41) is 7.39. The van der Waals surface area contributed by atoms with Gasteiger partial charge in [-0.15, -0.1) is 0 Å². The van der Waals surface area contributed by atoms with E-state index >= 15 is 0 Å². The highest BCUT2D eigenvalue weighted by atomic mass is 15.2. The second-order valence-corrected chi connectivity index (χ2v) is 7.40. The summed E-state index contributed by atoms with van der Waals surface area (Å²) in [6, 6.07) is 0.744. The zero-order valence-electron chi connectivity index (χ0n) is 15.5. The molecule has 0 aromatic carbocycles. The van der Waals surface area contributed by atoms with E-state index in [2.05, 4.69) is 33.8 Å². The highest BCUT2D eigenvalue weighted by Crippen LogP contribution is 2.37. The number of aromatic amines is 1. The van der Waals surface area contributed by atoms with Gasteiger partial charge < -0.3 is 10.6 Å². The SMILES string of the molecule is CCN(CC)c1c2c(nc3c(N)n[nH]c13)CCN(C1CCCCC1)C2. The third-order valence-corrected chi connectivity index (χ3v) is 6.05. The normalized spacial score (nSPS) is 19.3. The van der Waals surface area contributed by atoms with Gasteiger partial charge in [0.2, 0.25) is 0 Å². The Morgan fingerprint density at radius 1 is 1.20 bits per heavy atom. The number of nitrogen functional groups attached to an aromatic ring is 1. The number of aromatic nitrogens is 3. The second kappa shape index (κ2) is 6.83. The van der Waals surface area contributed by atoms with E-state index in [1.807, 2.05) is 0 Å². The monoisotopic (exact) mass is 342 g/mol. The van der Waals surface area contributed by atoms with Gasteiger partial charge in [-0.3, -0.25) is 10.00 Å². The van der Waals surface area contributed by atoms with Crippen LogP contribution in [-0.2, 0) is 13.0 Å². The minimum atomic E-state index is 0.515. The molecule has 1 aliphatic heterocycles. The minimum Gasteiger partial charge on any atom is -0.380 e. The van der Waals surface area contributed by atoms with Gasteiger partial charge in [0.25, 0.3) is 0 Å². The summed E-state index contributed by atoms with van der Waals surface area (Å²) < 4.78 is 0. The van der Waals surface area contributed by atoms with Gasteiger partial charge in [0.05, 0.1) is 5.69 Å². The second-order valence-electron chi connectivity index (χ2n) is 7.40. The smallest absolute Gasteiger partial charge is 0.171 e. The van der Waals surface area contributed by atoms with Crippen LogP contribution in [0, 0.1) is 0 Å². The molecule has 2 aliphatic rings. The zero-order valence-corrected chi connectivity index (χ0v) is 15.5. The number of hydrogen-bond acceptors (Lipinski definition) is 5. The summed E-state index contributed by atoms with van der Waals surface area (Å²) in [4.78, 5) is 10.0. The van der Waals surface area contributed by atoms with Crippen LogP contribution in [0.25, 0.3) is 11.0 Å². The van der Waals surface area contributed by atoms with E-state index < -0.39 is 0 Å². The number of nitrogens with two attached hydrogens (primary N) is 1. The topological polar surface area (TPSA) is 74.1 Å². The van der Waals surface area contributed by atoms with E-state index in [4.69, 9.17) is 10.7 Å². The molecular formula is C19H30N6. The molecule has 1 fully saturated rings. The number of anilines is 2. The molecule has 3 N–H and O–H groups in total. The first-order valence-electron chi connectivity index (χ1n) is 9.87. The van der Waals surface area contributed by atoms with Crippen molar-refractivity contribution in [2.45, 2.75) is 65.0 Å². The third-order valence-electron chi connectivity index (χ3n) is 6.05. The molecule has 0 amide bonds. The summed E-state index contributed by atoms with van der Waals surface area (Å²) in [5.41, 5.74) is 11.8. The highest BCUT2D eigenvalue weighted by Gasteiger charge is 2.30. The third kappa shape index (κ3) is 2.86. The molecular weight excluding hydrogens is 312 g/mol. The molecule has 0 spiro atoms. The molecule has 6 nitrogen and oxygen atoms in total. The van der Waals surface area contributed by atoms with Crippen LogP contribution in [-0.4, -0.2) is 45.8 Å². The fraction of sp³-hybridized carbons (Fsp3) is 0.684. The fourth-order valence-corrected chi connectivity index (χ4v) is 4.67. The van der Waals surface area contributed by atoms with E-state index in [9.17, 15) is 0 Å². The molecule has 1 aliphatic carbocycles. The van der Waals surface area contributed by atoms with Crippen molar-refractivity contribution in [1.82, 2.24) is 20.1 Å². The predicted molar refractivity (Wildman–Crippen MR) is 103 cm³/mol. The van der Waals surface area contributed by atoms with Gasteiger partial charge in [0.1, 0.15) is 11.0 Å². The van der Waals surface area contributed by atoms with Crippen LogP contribution in [0.5, 0.6) is 0 Å². The quantitative estimate of drug-likeness (QED) is 0.893. The molecule has 136 valence electrons. The first kappa shape index (κ1) is 16.6. The number of fused-ring (bicyclic) bond motifs is 2. The Labute approximate surface area is 149 Å². The molecule has 25 heavy (non-hydrogen) atoms. The van der Waals surface area contributed by atoms with Gasteiger partial charge in [0.15, 0.2) is 5.82 Å². The Bertz CT molecular complexity index is 742. The predicted octanol–water partition coefficient (Wildman–Crippen LogP) is 3.08. The summed E-state index contributed by atoms with van der Waals surface area (Å²) >= 11 is 0. The molecule has 0 radical (unpaired) electrons. The largest absolute Gasteiger partial charge is 0.380 e. The Balaban J connectivity index is 1.78. The van der Waals surface area contributed by atoms with Gasteiger partial charge in [-0.05, 0) is 26.7 Å². The van der Waals surface area contributed by atoms with E-state index in [0.29, 0.717) is 5.82 Å². The van der Waals surface area contributed by atoms with Gasteiger partial charge in [-0.25, -0.2) is 4.98 Å². The Kier molecular flexibility index (Phi) is 4.54. The number of hydrogen-bond donors (Lipinski definition) is 2. The van der Waals surface area contributed by atoms with Crippen LogP contribution in [0.2, 0.25) is 0 Å². The van der Waals surface area contributed by atoms with Crippen LogP contribution in [0.1, 0.15) is 57.2 Å². The number of H-pyrrole nitrogens is 1. The van der Waals surface area contributed by atoms with Crippen molar-refractivity contribution in [3.05, 3.63) is 11.3 Å². The number of pyridine rings is 1. The van der Waals surface area contributed by atoms with Gasteiger partial charge in [0, 0.05) is 49.9 Å². The number of nitrogens with zero attached hydrogens (tertiary/aromatic N) is 4. The van der Waals surface area contributed by atoms with Crippen molar-refractivity contribution in [2.24, 2.45) is 0 Å². The van der Waals surface area contributed by atoms with E-state index in [1.165, 1.54) is 49.0 Å². The summed E-state index contributed by atoms with van der Waals surface area (Å²) in [6.45, 7) is 8.50. The lowest BCUT2D eigenvalue weighted by Crippen LogP contribution is -2.41. The minimum absolute atomic E-state index is 0.515. The maximum absolute atomic E-state index is 6.07. The van der Waals surface area contributed by atoms with Crippen LogP contribution in [0.15, 0.2) is 0 Å². The van der Waals surface area contributed by atoms with Gasteiger partial charge in [-0.2, -0.15) is 5.10 Å². The standard InChI is InChI=1S/C19H30N6/c1-3-24(4-2)18-14-12-25(13-8-6-5-7-9-13)11-10-15(14)21-17-16(18)22-23-19(17)20/h13H,3-12H2,1-2H3,(H3,20,22,23). The molecule has 4 rings (SSSR count). The molecule has 6 heteroatoms. The maximum atomic E-state index is 6.07. The zero-order chi connectivity index (χ0) is 17.4. The molecule has 0 unspecified atom stereocenters.